The van der Waals surface area contributed by atoms with Crippen LogP contribution in [0.25, 0.3) is 0 Å². The summed E-state index contributed by atoms with van der Waals surface area (Å²) in [5.74, 6) is -0.100. The molecule has 0 atom stereocenters. The summed E-state index contributed by atoms with van der Waals surface area (Å²) in [6.45, 7) is 11.3. The number of carbonyl (C=O) groups is 1. The molecule has 19 heavy (non-hydrogen) atoms. The minimum absolute atomic E-state index is 0.100. The van der Waals surface area contributed by atoms with Gasteiger partial charge in [-0.25, -0.2) is 0 Å². The molecule has 0 aliphatic heterocycles. The van der Waals surface area contributed by atoms with Crippen molar-refractivity contribution in [2.75, 3.05) is 0 Å². The average molecular weight is 330 g/mol. The number of hydrogen-bond donors (Lipinski definition) is 0. The number of ketones is 1. The van der Waals surface area contributed by atoms with Crippen LogP contribution in [0.5, 0.6) is 0 Å². The van der Waals surface area contributed by atoms with Crippen molar-refractivity contribution in [2.45, 2.75) is 46.0 Å². The number of Topliss-reactive ketones (excluding diaryl/α,β-unsaturated/α-hetero) is 1. The molecular weight excluding hydrogens is 310 g/mol. The Morgan fingerprint density at radius 3 is 1.58 bits per heavy atom. The van der Waals surface area contributed by atoms with Crippen LogP contribution < -0.4 is 0 Å². The SMILES string of the molecule is CC(C)(C)C1=CC(Br)([N+](=O)[O-])C=C(C(C)(C)C)C1=O. The van der Waals surface area contributed by atoms with Gasteiger partial charge in [0.2, 0.25) is 0 Å². The van der Waals surface area contributed by atoms with Gasteiger partial charge in [0, 0.05) is 44.2 Å². The van der Waals surface area contributed by atoms with Crippen molar-refractivity contribution in [1.29, 1.82) is 0 Å². The lowest BCUT2D eigenvalue weighted by Gasteiger charge is -2.33. The van der Waals surface area contributed by atoms with Gasteiger partial charge in [-0.3, -0.25) is 14.9 Å². The van der Waals surface area contributed by atoms with E-state index in [-0.39, 0.29) is 5.78 Å². The first-order valence-electron chi connectivity index (χ1n) is 6.14. The average Bonchev–Trinajstić information content (AvgIpc) is 2.17. The third-order valence-corrected chi connectivity index (χ3v) is 3.83. The summed E-state index contributed by atoms with van der Waals surface area (Å²) in [7, 11) is 0. The van der Waals surface area contributed by atoms with E-state index in [1.165, 1.54) is 12.2 Å². The van der Waals surface area contributed by atoms with E-state index in [9.17, 15) is 14.9 Å². The van der Waals surface area contributed by atoms with E-state index in [2.05, 4.69) is 15.9 Å². The van der Waals surface area contributed by atoms with Crippen molar-refractivity contribution in [1.82, 2.24) is 0 Å². The Labute approximate surface area is 122 Å². The van der Waals surface area contributed by atoms with Gasteiger partial charge in [0.15, 0.2) is 5.78 Å². The van der Waals surface area contributed by atoms with Gasteiger partial charge < -0.3 is 0 Å². The summed E-state index contributed by atoms with van der Waals surface area (Å²) in [5.41, 5.74) is 0.0929. The molecule has 0 aromatic heterocycles. The fourth-order valence-corrected chi connectivity index (χ4v) is 2.40. The van der Waals surface area contributed by atoms with Crippen LogP contribution in [0.3, 0.4) is 0 Å². The normalized spacial score (nSPS) is 19.8. The molecule has 0 bridgehead atoms. The Morgan fingerprint density at radius 1 is 1.05 bits per heavy atom. The highest BCUT2D eigenvalue weighted by molar-refractivity contribution is 9.10. The summed E-state index contributed by atoms with van der Waals surface area (Å²) in [6, 6.07) is 0. The lowest BCUT2D eigenvalue weighted by atomic mass is 9.72. The number of rotatable bonds is 1. The van der Waals surface area contributed by atoms with Crippen molar-refractivity contribution < 1.29 is 9.72 Å². The Kier molecular flexibility index (Phi) is 3.85. The van der Waals surface area contributed by atoms with Crippen molar-refractivity contribution in [3.63, 3.8) is 0 Å². The maximum absolute atomic E-state index is 12.5. The highest BCUT2D eigenvalue weighted by Crippen LogP contribution is 2.42. The van der Waals surface area contributed by atoms with Gasteiger partial charge in [-0.2, -0.15) is 0 Å². The molecule has 0 saturated carbocycles. The summed E-state index contributed by atoms with van der Waals surface area (Å²) >= 11 is 3.15. The van der Waals surface area contributed by atoms with E-state index in [4.69, 9.17) is 0 Å². The lowest BCUT2D eigenvalue weighted by molar-refractivity contribution is -0.508. The fourth-order valence-electron chi connectivity index (χ4n) is 1.94. The second-order valence-electron chi connectivity index (χ2n) is 6.93. The number of nitrogens with zero attached hydrogens (tertiary/aromatic N) is 1. The minimum atomic E-state index is -1.49. The second kappa shape index (κ2) is 4.54. The fraction of sp³-hybridized carbons (Fsp3) is 0.643. The lowest BCUT2D eigenvalue weighted by Crippen LogP contribution is -2.38. The molecule has 0 heterocycles. The van der Waals surface area contributed by atoms with Crippen molar-refractivity contribution >= 4 is 21.7 Å². The van der Waals surface area contributed by atoms with E-state index >= 15 is 0 Å². The maximum Gasteiger partial charge on any atom is 0.312 e. The molecular formula is C14H20BrNO3. The second-order valence-corrected chi connectivity index (χ2v) is 8.20. The van der Waals surface area contributed by atoms with Crippen molar-refractivity contribution in [3.05, 3.63) is 33.4 Å². The molecule has 0 radical (unpaired) electrons. The monoisotopic (exact) mass is 329 g/mol. The van der Waals surface area contributed by atoms with Gasteiger partial charge in [0.1, 0.15) is 0 Å². The third-order valence-electron chi connectivity index (χ3n) is 3.08. The standard InChI is InChI=1S/C14H20BrNO3/c1-12(2,3)9-7-14(15,16(18)19)8-10(11(9)17)13(4,5)6/h7-8H,1-6H3. The zero-order valence-corrected chi connectivity index (χ0v) is 13.8. The number of nitro groups is 1. The Morgan fingerprint density at radius 2 is 1.37 bits per heavy atom. The topological polar surface area (TPSA) is 60.2 Å². The molecule has 0 aromatic rings. The van der Waals surface area contributed by atoms with Crippen LogP contribution in [0.4, 0.5) is 0 Å². The van der Waals surface area contributed by atoms with Gasteiger partial charge in [0.05, 0.1) is 0 Å². The van der Waals surface area contributed by atoms with Crippen LogP contribution in [0.2, 0.25) is 0 Å². The van der Waals surface area contributed by atoms with Gasteiger partial charge in [-0.1, -0.05) is 41.5 Å². The highest BCUT2D eigenvalue weighted by Gasteiger charge is 2.46. The van der Waals surface area contributed by atoms with E-state index in [0.717, 1.165) is 0 Å². The van der Waals surface area contributed by atoms with Gasteiger partial charge in [-0.15, -0.1) is 0 Å². The number of hydrogen-bond acceptors (Lipinski definition) is 3. The predicted octanol–water partition coefficient (Wildman–Crippen LogP) is 3.88. The molecule has 4 nitrogen and oxygen atoms in total. The molecule has 0 unspecified atom stereocenters. The minimum Gasteiger partial charge on any atom is -0.289 e. The Balaban J connectivity index is 3.52. The Hall–Kier alpha value is -0.970. The van der Waals surface area contributed by atoms with E-state index in [0.29, 0.717) is 11.1 Å². The predicted molar refractivity (Wildman–Crippen MR) is 78.7 cm³/mol. The number of alkyl halides is 1. The van der Waals surface area contributed by atoms with Crippen LogP contribution in [-0.4, -0.2) is 15.2 Å². The van der Waals surface area contributed by atoms with Crippen LogP contribution in [0.15, 0.2) is 23.3 Å². The van der Waals surface area contributed by atoms with Gasteiger partial charge in [0.25, 0.3) is 0 Å². The summed E-state index contributed by atoms with van der Waals surface area (Å²) in [4.78, 5) is 23.4. The molecule has 0 saturated heterocycles. The molecule has 0 N–H and O–H groups in total. The molecule has 0 spiro atoms. The summed E-state index contributed by atoms with van der Waals surface area (Å²) in [5, 5.41) is 11.3. The molecule has 0 aromatic carbocycles. The quantitative estimate of drug-likeness (QED) is 0.317. The summed E-state index contributed by atoms with van der Waals surface area (Å²) < 4.78 is -1.49. The first-order chi connectivity index (χ1) is 8.29. The molecule has 0 amide bonds. The Bertz CT molecular complexity index is 456. The van der Waals surface area contributed by atoms with Crippen molar-refractivity contribution in [2.24, 2.45) is 10.8 Å². The van der Waals surface area contributed by atoms with Crippen LogP contribution in [-0.2, 0) is 4.79 Å². The van der Waals surface area contributed by atoms with Crippen LogP contribution >= 0.6 is 15.9 Å². The van der Waals surface area contributed by atoms with Gasteiger partial charge >= 0.3 is 4.45 Å². The molecule has 106 valence electrons. The van der Waals surface area contributed by atoms with Crippen LogP contribution in [0, 0.1) is 20.9 Å². The first-order valence-corrected chi connectivity index (χ1v) is 6.93. The molecule has 5 heteroatoms. The molecule has 1 rings (SSSR count). The smallest absolute Gasteiger partial charge is 0.289 e. The van der Waals surface area contributed by atoms with Crippen molar-refractivity contribution in [3.8, 4) is 0 Å². The first kappa shape index (κ1) is 16.1. The van der Waals surface area contributed by atoms with Gasteiger partial charge in [-0.05, 0) is 10.8 Å². The largest absolute Gasteiger partial charge is 0.312 e. The molecule has 0 fully saturated rings. The van der Waals surface area contributed by atoms with E-state index in [1.54, 1.807) is 0 Å². The molecule has 1 aliphatic rings. The highest BCUT2D eigenvalue weighted by atomic mass is 79.9. The number of halogens is 1. The zero-order chi connectivity index (χ0) is 15.2. The number of allylic oxidation sites excluding steroid dienone is 2. The zero-order valence-electron chi connectivity index (χ0n) is 12.2. The third kappa shape index (κ3) is 3.14. The molecule has 1 aliphatic carbocycles. The van der Waals surface area contributed by atoms with Crippen LogP contribution in [0.1, 0.15) is 41.5 Å². The summed E-state index contributed by atoms with van der Waals surface area (Å²) in [6.07, 6.45) is 2.84. The van der Waals surface area contributed by atoms with E-state index < -0.39 is 20.2 Å². The maximum atomic E-state index is 12.5. The number of carbonyl (C=O) groups excluding carboxylic acids is 1. The van der Waals surface area contributed by atoms with E-state index in [1.807, 2.05) is 41.5 Å².